The van der Waals surface area contributed by atoms with Crippen LogP contribution in [0.2, 0.25) is 0 Å². The van der Waals surface area contributed by atoms with Crippen molar-refractivity contribution in [1.82, 2.24) is 14.7 Å². The molecule has 0 aliphatic heterocycles. The third-order valence-corrected chi connectivity index (χ3v) is 3.45. The van der Waals surface area contributed by atoms with E-state index in [0.29, 0.717) is 17.9 Å². The zero-order valence-electron chi connectivity index (χ0n) is 13.3. The molecule has 1 aromatic carbocycles. The number of imidazole rings is 1. The molecule has 0 fully saturated rings. The van der Waals surface area contributed by atoms with E-state index in [1.54, 1.807) is 31.2 Å². The number of rotatable bonds is 6. The van der Waals surface area contributed by atoms with Crippen LogP contribution in [0.1, 0.15) is 23.0 Å². The number of aliphatic hydroxyl groups excluding tert-OH is 1. The Balaban J connectivity index is 1.65. The van der Waals surface area contributed by atoms with E-state index in [9.17, 15) is 9.90 Å². The molecule has 0 saturated carbocycles. The Morgan fingerprint density at radius 3 is 3.00 bits per heavy atom. The lowest BCUT2D eigenvalue weighted by Gasteiger charge is -2.09. The highest BCUT2D eigenvalue weighted by atomic mass is 16.5. The minimum Gasteiger partial charge on any atom is -0.487 e. The van der Waals surface area contributed by atoms with Crippen molar-refractivity contribution >= 4 is 11.6 Å². The first-order valence-electron chi connectivity index (χ1n) is 7.73. The second kappa shape index (κ2) is 7.14. The Kier molecular flexibility index (Phi) is 4.77. The van der Waals surface area contributed by atoms with Gasteiger partial charge in [0.15, 0.2) is 0 Å². The maximum atomic E-state index is 12.0. The first-order chi connectivity index (χ1) is 11.6. The number of pyridine rings is 1. The van der Waals surface area contributed by atoms with Gasteiger partial charge >= 0.3 is 0 Å². The fraction of sp³-hybridized carbons (Fsp3) is 0.222. The molecule has 2 heterocycles. The van der Waals surface area contributed by atoms with Crippen molar-refractivity contribution in [2.24, 2.45) is 0 Å². The minimum atomic E-state index is -0.580. The van der Waals surface area contributed by atoms with E-state index in [0.717, 1.165) is 11.3 Å². The summed E-state index contributed by atoms with van der Waals surface area (Å²) in [6.07, 6.45) is 3.26. The van der Waals surface area contributed by atoms with Crippen LogP contribution in [-0.2, 0) is 6.61 Å². The Labute approximate surface area is 139 Å². The zero-order valence-corrected chi connectivity index (χ0v) is 13.3. The number of hydrogen-bond acceptors (Lipinski definition) is 4. The molecule has 2 N–H and O–H groups in total. The van der Waals surface area contributed by atoms with Gasteiger partial charge in [0.05, 0.1) is 11.8 Å². The van der Waals surface area contributed by atoms with Crippen molar-refractivity contribution < 1.29 is 14.6 Å². The van der Waals surface area contributed by atoms with Crippen molar-refractivity contribution in [3.63, 3.8) is 0 Å². The largest absolute Gasteiger partial charge is 0.487 e. The molecule has 6 heteroatoms. The predicted molar refractivity (Wildman–Crippen MR) is 90.0 cm³/mol. The molecule has 124 valence electrons. The lowest BCUT2D eigenvalue weighted by molar-refractivity contribution is 0.0923. The molecule has 0 spiro atoms. The van der Waals surface area contributed by atoms with Crippen LogP contribution in [0.25, 0.3) is 5.65 Å². The number of aromatic nitrogens is 2. The van der Waals surface area contributed by atoms with Crippen molar-refractivity contribution in [2.75, 3.05) is 6.54 Å². The second-order valence-corrected chi connectivity index (χ2v) is 5.57. The normalized spacial score (nSPS) is 12.1. The summed E-state index contributed by atoms with van der Waals surface area (Å²) < 4.78 is 7.66. The quantitative estimate of drug-likeness (QED) is 0.727. The zero-order chi connectivity index (χ0) is 16.9. The van der Waals surface area contributed by atoms with E-state index in [2.05, 4.69) is 10.3 Å². The standard InChI is InChI=1S/C18H19N3O3/c1-13(22)10-19-18(23)14-5-4-6-16(9-14)24-12-15-11-21-8-3-2-7-17(21)20-15/h2-9,11,13,22H,10,12H2,1H3,(H,19,23). The molecule has 3 aromatic rings. The molecule has 6 nitrogen and oxygen atoms in total. The lowest BCUT2D eigenvalue weighted by Crippen LogP contribution is -2.30. The van der Waals surface area contributed by atoms with Crippen LogP contribution < -0.4 is 10.1 Å². The fourth-order valence-electron chi connectivity index (χ4n) is 2.28. The molecule has 3 rings (SSSR count). The van der Waals surface area contributed by atoms with Gasteiger partial charge in [-0.05, 0) is 37.3 Å². The highest BCUT2D eigenvalue weighted by molar-refractivity contribution is 5.94. The van der Waals surface area contributed by atoms with Crippen LogP contribution in [0, 0.1) is 0 Å². The Morgan fingerprint density at radius 1 is 1.33 bits per heavy atom. The number of fused-ring (bicyclic) bond motifs is 1. The molecule has 1 unspecified atom stereocenters. The van der Waals surface area contributed by atoms with Crippen molar-refractivity contribution in [3.8, 4) is 5.75 Å². The first-order valence-corrected chi connectivity index (χ1v) is 7.73. The van der Waals surface area contributed by atoms with Crippen LogP contribution in [0.15, 0.2) is 54.9 Å². The van der Waals surface area contributed by atoms with Gasteiger partial charge in [-0.3, -0.25) is 4.79 Å². The number of nitrogens with zero attached hydrogens (tertiary/aromatic N) is 2. The van der Waals surface area contributed by atoms with E-state index in [4.69, 9.17) is 4.74 Å². The number of carbonyl (C=O) groups is 1. The van der Waals surface area contributed by atoms with Gasteiger partial charge in [0.2, 0.25) is 0 Å². The smallest absolute Gasteiger partial charge is 0.251 e. The highest BCUT2D eigenvalue weighted by Gasteiger charge is 2.08. The Hall–Kier alpha value is -2.86. The number of hydrogen-bond donors (Lipinski definition) is 2. The summed E-state index contributed by atoms with van der Waals surface area (Å²) in [4.78, 5) is 16.5. The van der Waals surface area contributed by atoms with E-state index >= 15 is 0 Å². The van der Waals surface area contributed by atoms with Gasteiger partial charge in [0.25, 0.3) is 5.91 Å². The summed E-state index contributed by atoms with van der Waals surface area (Å²) in [5.74, 6) is 0.353. The Bertz CT molecular complexity index is 809. The van der Waals surface area contributed by atoms with Gasteiger partial charge in [0.1, 0.15) is 18.0 Å². The average Bonchev–Trinajstić information content (AvgIpc) is 3.01. The van der Waals surface area contributed by atoms with Gasteiger partial charge in [-0.1, -0.05) is 12.1 Å². The second-order valence-electron chi connectivity index (χ2n) is 5.57. The molecule has 0 radical (unpaired) electrons. The van der Waals surface area contributed by atoms with E-state index in [1.165, 1.54) is 0 Å². The van der Waals surface area contributed by atoms with Crippen LogP contribution in [0.3, 0.4) is 0 Å². The number of nitrogens with one attached hydrogen (secondary N) is 1. The summed E-state index contributed by atoms with van der Waals surface area (Å²) in [6, 6.07) is 12.7. The number of aliphatic hydroxyl groups is 1. The summed E-state index contributed by atoms with van der Waals surface area (Å²) in [6.45, 7) is 2.15. The molecule has 24 heavy (non-hydrogen) atoms. The number of benzene rings is 1. The van der Waals surface area contributed by atoms with E-state index in [1.807, 2.05) is 35.0 Å². The monoisotopic (exact) mass is 325 g/mol. The van der Waals surface area contributed by atoms with E-state index < -0.39 is 6.10 Å². The van der Waals surface area contributed by atoms with Gasteiger partial charge in [-0.2, -0.15) is 0 Å². The Morgan fingerprint density at radius 2 is 2.21 bits per heavy atom. The molecule has 1 atom stereocenters. The van der Waals surface area contributed by atoms with E-state index in [-0.39, 0.29) is 12.5 Å². The first kappa shape index (κ1) is 16.0. The fourth-order valence-corrected chi connectivity index (χ4v) is 2.28. The number of ether oxygens (including phenoxy) is 1. The summed E-state index contributed by atoms with van der Waals surface area (Å²) in [5.41, 5.74) is 2.16. The van der Waals surface area contributed by atoms with Crippen LogP contribution >= 0.6 is 0 Å². The van der Waals surface area contributed by atoms with Crippen LogP contribution in [0.5, 0.6) is 5.75 Å². The van der Waals surface area contributed by atoms with Gasteiger partial charge in [-0.25, -0.2) is 4.98 Å². The summed E-state index contributed by atoms with van der Waals surface area (Å²) in [5, 5.41) is 11.9. The summed E-state index contributed by atoms with van der Waals surface area (Å²) in [7, 11) is 0. The van der Waals surface area contributed by atoms with Crippen molar-refractivity contribution in [1.29, 1.82) is 0 Å². The topological polar surface area (TPSA) is 75.9 Å². The molecule has 0 saturated heterocycles. The van der Waals surface area contributed by atoms with Gasteiger partial charge in [0, 0.05) is 24.5 Å². The molecule has 1 amide bonds. The molecule has 0 bridgehead atoms. The number of carbonyl (C=O) groups excluding carboxylic acids is 1. The van der Waals surface area contributed by atoms with Gasteiger partial charge in [-0.15, -0.1) is 0 Å². The van der Waals surface area contributed by atoms with Crippen molar-refractivity contribution in [2.45, 2.75) is 19.6 Å². The third kappa shape index (κ3) is 3.91. The number of amides is 1. The van der Waals surface area contributed by atoms with Crippen molar-refractivity contribution in [3.05, 3.63) is 66.1 Å². The molecule has 0 aliphatic carbocycles. The maximum absolute atomic E-state index is 12.0. The predicted octanol–water partition coefficient (Wildman–Crippen LogP) is 2.02. The average molecular weight is 325 g/mol. The third-order valence-electron chi connectivity index (χ3n) is 3.45. The SMILES string of the molecule is CC(O)CNC(=O)c1cccc(OCc2cn3ccccc3n2)c1. The molecular formula is C18H19N3O3. The van der Waals surface area contributed by atoms with Crippen LogP contribution in [-0.4, -0.2) is 33.0 Å². The highest BCUT2D eigenvalue weighted by Crippen LogP contribution is 2.15. The van der Waals surface area contributed by atoms with Gasteiger partial charge < -0.3 is 19.6 Å². The lowest BCUT2D eigenvalue weighted by atomic mass is 10.2. The summed E-state index contributed by atoms with van der Waals surface area (Å²) >= 11 is 0. The maximum Gasteiger partial charge on any atom is 0.251 e. The van der Waals surface area contributed by atoms with Crippen LogP contribution in [0.4, 0.5) is 0 Å². The minimum absolute atomic E-state index is 0.213. The molecule has 0 aliphatic rings. The molecular weight excluding hydrogens is 306 g/mol. The molecule has 2 aromatic heterocycles.